The van der Waals surface area contributed by atoms with Gasteiger partial charge in [0.25, 0.3) is 11.1 Å². The number of aryl methyl sites for hydroxylation is 1. The van der Waals surface area contributed by atoms with Crippen molar-refractivity contribution in [3.05, 3.63) is 52.4 Å². The Bertz CT molecular complexity index is 860. The summed E-state index contributed by atoms with van der Waals surface area (Å²) in [6, 6.07) is 9.53. The lowest BCUT2D eigenvalue weighted by Gasteiger charge is -2.13. The zero-order valence-corrected chi connectivity index (χ0v) is 16.1. The van der Waals surface area contributed by atoms with Gasteiger partial charge in [0.15, 0.2) is 0 Å². The van der Waals surface area contributed by atoms with Gasteiger partial charge in [-0.15, -0.1) is 10.2 Å². The van der Waals surface area contributed by atoms with Gasteiger partial charge in [0, 0.05) is 4.47 Å². The minimum absolute atomic E-state index is 0.0759. The van der Waals surface area contributed by atoms with Crippen LogP contribution in [0.15, 0.2) is 55.1 Å². The second-order valence-electron chi connectivity index (χ2n) is 5.39. The highest BCUT2D eigenvalue weighted by molar-refractivity contribution is 9.10. The van der Waals surface area contributed by atoms with Gasteiger partial charge in [-0.2, -0.15) is 0 Å². The fourth-order valence-corrected chi connectivity index (χ4v) is 3.07. The molecule has 0 bridgehead atoms. The number of hydrogen-bond donors (Lipinski definition) is 1. The topological polar surface area (TPSA) is 81.2 Å². The normalized spacial score (nSPS) is 12.1. The summed E-state index contributed by atoms with van der Waals surface area (Å²) in [7, 11) is 0. The Morgan fingerprint density at radius 2 is 2.04 bits per heavy atom. The predicted octanol–water partition coefficient (Wildman–Crippen LogP) is 4.37. The maximum Gasteiger partial charge on any atom is 0.277 e. The highest BCUT2D eigenvalue weighted by Crippen LogP contribution is 2.26. The number of halogens is 1. The molecule has 1 atom stereocenters. The van der Waals surface area contributed by atoms with Crippen LogP contribution in [0.3, 0.4) is 0 Å². The quantitative estimate of drug-likeness (QED) is 0.595. The average molecular weight is 422 g/mol. The number of hydrogen-bond acceptors (Lipinski definition) is 6. The molecule has 0 aliphatic rings. The van der Waals surface area contributed by atoms with Crippen molar-refractivity contribution in [2.24, 2.45) is 0 Å². The Hall–Kier alpha value is -2.06. The number of rotatable bonds is 6. The third kappa shape index (κ3) is 4.52. The lowest BCUT2D eigenvalue weighted by Crippen LogP contribution is -2.28. The number of amides is 1. The first-order chi connectivity index (χ1) is 12.0. The highest BCUT2D eigenvalue weighted by atomic mass is 79.9. The molecule has 0 spiro atoms. The van der Waals surface area contributed by atoms with Crippen LogP contribution in [-0.4, -0.2) is 21.9 Å². The second-order valence-corrected chi connectivity index (χ2v) is 7.24. The molecule has 0 fully saturated rings. The van der Waals surface area contributed by atoms with Crippen molar-refractivity contribution in [2.45, 2.75) is 25.1 Å². The molecule has 6 nitrogen and oxygen atoms in total. The lowest BCUT2D eigenvalue weighted by molar-refractivity contribution is -0.119. The van der Waals surface area contributed by atoms with Crippen molar-refractivity contribution in [3.63, 3.8) is 0 Å². The van der Waals surface area contributed by atoms with E-state index in [1.807, 2.05) is 38.1 Å². The summed E-state index contributed by atoms with van der Waals surface area (Å²) < 4.78 is 11.8. The summed E-state index contributed by atoms with van der Waals surface area (Å²) >= 11 is 4.60. The third-order valence-corrected chi connectivity index (χ3v) is 4.92. The number of nitrogens with zero attached hydrogens (tertiary/aromatic N) is 2. The van der Waals surface area contributed by atoms with E-state index in [-0.39, 0.29) is 17.7 Å². The molecular weight excluding hydrogens is 406 g/mol. The average Bonchev–Trinajstić information content (AvgIpc) is 3.22. The molecule has 0 saturated carbocycles. The van der Waals surface area contributed by atoms with Gasteiger partial charge in [-0.3, -0.25) is 4.79 Å². The van der Waals surface area contributed by atoms with Gasteiger partial charge in [-0.05, 0) is 37.6 Å². The van der Waals surface area contributed by atoms with Crippen LogP contribution in [0.2, 0.25) is 0 Å². The number of aromatic nitrogens is 2. The van der Waals surface area contributed by atoms with Crippen LogP contribution in [0.5, 0.6) is 0 Å². The number of nitrogens with one attached hydrogen (secondary N) is 1. The van der Waals surface area contributed by atoms with Crippen LogP contribution < -0.4 is 5.32 Å². The molecule has 3 rings (SSSR count). The second kappa shape index (κ2) is 7.88. The molecule has 8 heteroatoms. The fourth-order valence-electron chi connectivity index (χ4n) is 2.23. The Kier molecular flexibility index (Phi) is 5.60. The van der Waals surface area contributed by atoms with Crippen molar-refractivity contribution in [1.82, 2.24) is 15.5 Å². The maximum absolute atomic E-state index is 12.1. The molecular formula is C17H16BrN3O3S. The van der Waals surface area contributed by atoms with Crippen LogP contribution in [-0.2, 0) is 4.79 Å². The number of carbonyl (C=O) groups excluding carboxylic acids is 1. The maximum atomic E-state index is 12.1. The molecule has 0 aliphatic heterocycles. The van der Waals surface area contributed by atoms with E-state index >= 15 is 0 Å². The standard InChI is InChI=1S/C17H16BrN3O3S/c1-10(12-3-5-13(18)6-4-12)19-15(22)9-25-17-21-20-16(24-17)14-7-8-23-11(14)2/h3-8,10H,9H2,1-2H3,(H,19,22). The molecule has 0 radical (unpaired) electrons. The molecule has 130 valence electrons. The molecule has 1 amide bonds. The zero-order chi connectivity index (χ0) is 17.8. The molecule has 3 aromatic rings. The zero-order valence-electron chi connectivity index (χ0n) is 13.7. The van der Waals surface area contributed by atoms with Gasteiger partial charge >= 0.3 is 0 Å². The number of thioether (sulfide) groups is 1. The predicted molar refractivity (Wildman–Crippen MR) is 98.2 cm³/mol. The molecule has 25 heavy (non-hydrogen) atoms. The molecule has 2 aromatic heterocycles. The van der Waals surface area contributed by atoms with Crippen LogP contribution >= 0.6 is 27.7 Å². The van der Waals surface area contributed by atoms with E-state index in [2.05, 4.69) is 31.4 Å². The fraction of sp³-hybridized carbons (Fsp3) is 0.235. The molecule has 1 aromatic carbocycles. The first kappa shape index (κ1) is 17.8. The number of benzene rings is 1. The molecule has 1 N–H and O–H groups in total. The molecule has 0 saturated heterocycles. The number of carbonyl (C=O) groups is 1. The third-order valence-electron chi connectivity index (χ3n) is 3.57. The van der Waals surface area contributed by atoms with Crippen LogP contribution in [0.1, 0.15) is 24.3 Å². The summed E-state index contributed by atoms with van der Waals surface area (Å²) in [6.45, 7) is 3.77. The first-order valence-corrected chi connectivity index (χ1v) is 9.36. The van der Waals surface area contributed by atoms with E-state index in [1.54, 1.807) is 12.3 Å². The van der Waals surface area contributed by atoms with Crippen LogP contribution in [0, 0.1) is 6.92 Å². The number of furan rings is 1. The van der Waals surface area contributed by atoms with E-state index in [4.69, 9.17) is 8.83 Å². The van der Waals surface area contributed by atoms with Crippen molar-refractivity contribution < 1.29 is 13.6 Å². The minimum atomic E-state index is -0.0975. The summed E-state index contributed by atoms with van der Waals surface area (Å²) in [5, 5.41) is 11.2. The summed E-state index contributed by atoms with van der Waals surface area (Å²) in [5.74, 6) is 1.20. The van der Waals surface area contributed by atoms with Gasteiger partial charge in [-0.1, -0.05) is 39.8 Å². The first-order valence-electron chi connectivity index (χ1n) is 7.58. The van der Waals surface area contributed by atoms with Gasteiger partial charge in [0.1, 0.15) is 5.76 Å². The van der Waals surface area contributed by atoms with Gasteiger partial charge in [0.05, 0.1) is 23.6 Å². The van der Waals surface area contributed by atoms with E-state index in [1.165, 1.54) is 11.8 Å². The van der Waals surface area contributed by atoms with Crippen molar-refractivity contribution in [3.8, 4) is 11.5 Å². The summed E-state index contributed by atoms with van der Waals surface area (Å²) in [6.07, 6.45) is 1.57. The van der Waals surface area contributed by atoms with Crippen molar-refractivity contribution in [1.29, 1.82) is 0 Å². The van der Waals surface area contributed by atoms with Crippen molar-refractivity contribution >= 4 is 33.6 Å². The van der Waals surface area contributed by atoms with Gasteiger partial charge < -0.3 is 14.2 Å². The van der Waals surface area contributed by atoms with Crippen LogP contribution in [0.4, 0.5) is 0 Å². The van der Waals surface area contributed by atoms with E-state index in [0.29, 0.717) is 16.9 Å². The highest BCUT2D eigenvalue weighted by Gasteiger charge is 2.15. The Morgan fingerprint density at radius 3 is 2.72 bits per heavy atom. The smallest absolute Gasteiger partial charge is 0.277 e. The van der Waals surface area contributed by atoms with E-state index in [9.17, 15) is 4.79 Å². The van der Waals surface area contributed by atoms with Crippen molar-refractivity contribution in [2.75, 3.05) is 5.75 Å². The SMILES string of the molecule is Cc1occc1-c1nnc(SCC(=O)NC(C)c2ccc(Br)cc2)o1. The largest absolute Gasteiger partial charge is 0.469 e. The minimum Gasteiger partial charge on any atom is -0.469 e. The summed E-state index contributed by atoms with van der Waals surface area (Å²) in [4.78, 5) is 12.1. The Labute approximate surface area is 157 Å². The Balaban J connectivity index is 1.53. The molecule has 2 heterocycles. The van der Waals surface area contributed by atoms with Gasteiger partial charge in [0.2, 0.25) is 5.91 Å². The van der Waals surface area contributed by atoms with Gasteiger partial charge in [-0.25, -0.2) is 0 Å². The lowest BCUT2D eigenvalue weighted by atomic mass is 10.1. The molecule has 1 unspecified atom stereocenters. The van der Waals surface area contributed by atoms with E-state index in [0.717, 1.165) is 15.6 Å². The Morgan fingerprint density at radius 1 is 1.28 bits per heavy atom. The van der Waals surface area contributed by atoms with Crippen LogP contribution in [0.25, 0.3) is 11.5 Å². The monoisotopic (exact) mass is 421 g/mol. The molecule has 0 aliphatic carbocycles. The summed E-state index contributed by atoms with van der Waals surface area (Å²) in [5.41, 5.74) is 1.80. The van der Waals surface area contributed by atoms with E-state index < -0.39 is 0 Å².